The highest BCUT2D eigenvalue weighted by Gasteiger charge is 2.21. The van der Waals surface area contributed by atoms with Gasteiger partial charge in [-0.1, -0.05) is 42.7 Å². The van der Waals surface area contributed by atoms with Crippen LogP contribution in [0.25, 0.3) is 0 Å². The molecule has 0 fully saturated rings. The quantitative estimate of drug-likeness (QED) is 0.494. The average Bonchev–Trinajstić information content (AvgIpc) is 2.68. The molecule has 1 amide bonds. The highest BCUT2D eigenvalue weighted by atomic mass is 35.5. The summed E-state index contributed by atoms with van der Waals surface area (Å²) >= 11 is 5.79. The van der Waals surface area contributed by atoms with Crippen LogP contribution in [0.5, 0.6) is 0 Å². The number of sulfonamides is 1. The molecular weight excluding hydrogens is 402 g/mol. The molecule has 0 bridgehead atoms. The van der Waals surface area contributed by atoms with Gasteiger partial charge in [0.05, 0.1) is 11.1 Å². The van der Waals surface area contributed by atoms with Gasteiger partial charge in [0.1, 0.15) is 0 Å². The lowest BCUT2D eigenvalue weighted by atomic mass is 10.2. The van der Waals surface area contributed by atoms with Crippen LogP contribution in [0.3, 0.4) is 0 Å². The Bertz CT molecular complexity index is 909. The molecule has 0 spiro atoms. The number of oxime groups is 1. The summed E-state index contributed by atoms with van der Waals surface area (Å²) in [6, 6.07) is 13.0. The molecule has 1 N–H and O–H groups in total. The number of carbonyl (C=O) groups excluding carboxylic acids is 1. The van der Waals surface area contributed by atoms with Crippen molar-refractivity contribution in [1.29, 1.82) is 0 Å². The minimum Gasteiger partial charge on any atom is -0.386 e. The zero-order valence-electron chi connectivity index (χ0n) is 15.6. The smallest absolute Gasteiger partial charge is 0.265 e. The van der Waals surface area contributed by atoms with Crippen LogP contribution in [-0.4, -0.2) is 44.5 Å². The summed E-state index contributed by atoms with van der Waals surface area (Å²) in [5, 5.41) is 6.96. The number of nitrogens with zero attached hydrogens (tertiary/aromatic N) is 2. The minimum absolute atomic E-state index is 0.179. The lowest BCUT2D eigenvalue weighted by molar-refractivity contribution is -0.120. The molecule has 0 unspecified atom stereocenters. The molecule has 2 aromatic carbocycles. The first-order valence-corrected chi connectivity index (χ1v) is 10.5. The van der Waals surface area contributed by atoms with Gasteiger partial charge < -0.3 is 10.2 Å². The van der Waals surface area contributed by atoms with Gasteiger partial charge >= 0.3 is 0 Å². The average molecular weight is 424 g/mol. The first kappa shape index (κ1) is 21.9. The fraction of sp³-hybridized carbons (Fsp3) is 0.263. The third-order valence-electron chi connectivity index (χ3n) is 3.82. The first-order valence-electron chi connectivity index (χ1n) is 8.67. The van der Waals surface area contributed by atoms with Crippen LogP contribution >= 0.6 is 11.6 Å². The summed E-state index contributed by atoms with van der Waals surface area (Å²) in [6.45, 7) is 4.08. The molecular formula is C19H22ClN3O4S. The molecule has 0 saturated carbocycles. The van der Waals surface area contributed by atoms with Crippen molar-refractivity contribution in [3.05, 3.63) is 59.1 Å². The molecule has 7 nitrogen and oxygen atoms in total. The van der Waals surface area contributed by atoms with Gasteiger partial charge in [-0.3, -0.25) is 4.79 Å². The van der Waals surface area contributed by atoms with Crippen molar-refractivity contribution in [3.8, 4) is 0 Å². The van der Waals surface area contributed by atoms with Gasteiger partial charge in [-0.15, -0.1) is 0 Å². The number of hydrogen-bond acceptors (Lipinski definition) is 5. The zero-order valence-corrected chi connectivity index (χ0v) is 17.2. The Balaban J connectivity index is 1.88. The summed E-state index contributed by atoms with van der Waals surface area (Å²) in [6.07, 6.45) is 1.47. The summed E-state index contributed by atoms with van der Waals surface area (Å²) in [7, 11) is -3.52. The Morgan fingerprint density at radius 2 is 1.71 bits per heavy atom. The van der Waals surface area contributed by atoms with Gasteiger partial charge in [0.2, 0.25) is 10.0 Å². The maximum absolute atomic E-state index is 12.4. The molecule has 0 aliphatic rings. The maximum Gasteiger partial charge on any atom is 0.265 e. The topological polar surface area (TPSA) is 88.1 Å². The number of halogens is 1. The van der Waals surface area contributed by atoms with Crippen LogP contribution in [0.15, 0.2) is 58.6 Å². The monoisotopic (exact) mass is 423 g/mol. The van der Waals surface area contributed by atoms with E-state index in [9.17, 15) is 13.2 Å². The molecule has 0 aromatic heterocycles. The van der Waals surface area contributed by atoms with Crippen molar-refractivity contribution in [1.82, 2.24) is 4.31 Å². The minimum atomic E-state index is -3.52. The van der Waals surface area contributed by atoms with Gasteiger partial charge in [-0.2, -0.15) is 4.31 Å². The normalized spacial score (nSPS) is 11.7. The van der Waals surface area contributed by atoms with E-state index in [-0.39, 0.29) is 11.5 Å². The number of nitrogens with one attached hydrogen (secondary N) is 1. The van der Waals surface area contributed by atoms with E-state index in [4.69, 9.17) is 16.4 Å². The van der Waals surface area contributed by atoms with Gasteiger partial charge in [-0.05, 0) is 42.0 Å². The lowest BCUT2D eigenvalue weighted by Gasteiger charge is -2.18. The van der Waals surface area contributed by atoms with Crippen molar-refractivity contribution >= 4 is 39.4 Å². The number of amides is 1. The molecule has 2 rings (SSSR count). The zero-order chi connectivity index (χ0) is 20.6. The Morgan fingerprint density at radius 3 is 2.29 bits per heavy atom. The Kier molecular flexibility index (Phi) is 7.98. The molecule has 0 aliphatic carbocycles. The Hall–Kier alpha value is -2.42. The van der Waals surface area contributed by atoms with Gasteiger partial charge in [0.25, 0.3) is 5.91 Å². The third-order valence-corrected chi connectivity index (χ3v) is 6.14. The molecule has 0 atom stereocenters. The molecule has 28 heavy (non-hydrogen) atoms. The predicted octanol–water partition coefficient (Wildman–Crippen LogP) is 3.36. The van der Waals surface area contributed by atoms with Crippen LogP contribution in [0.1, 0.15) is 19.4 Å². The van der Waals surface area contributed by atoms with Crippen LogP contribution in [0.2, 0.25) is 5.02 Å². The standard InChI is InChI=1S/C19H22ClN3O4S/c1-3-23(4-2)28(25,26)18-11-9-17(10-12-18)22-19(24)14-27-21-13-15-5-7-16(20)8-6-15/h5-13H,3-4,14H2,1-2H3,(H,22,24)/b21-13+. The van der Waals surface area contributed by atoms with E-state index in [1.165, 1.54) is 34.8 Å². The van der Waals surface area contributed by atoms with E-state index in [1.807, 2.05) is 0 Å². The maximum atomic E-state index is 12.4. The molecule has 0 saturated heterocycles. The van der Waals surface area contributed by atoms with E-state index >= 15 is 0 Å². The highest BCUT2D eigenvalue weighted by Crippen LogP contribution is 2.18. The summed E-state index contributed by atoms with van der Waals surface area (Å²) in [4.78, 5) is 17.0. The van der Waals surface area contributed by atoms with E-state index in [0.717, 1.165) is 5.56 Å². The first-order chi connectivity index (χ1) is 13.4. The van der Waals surface area contributed by atoms with Crippen molar-refractivity contribution < 1.29 is 18.0 Å². The van der Waals surface area contributed by atoms with E-state index < -0.39 is 15.9 Å². The second kappa shape index (κ2) is 10.2. The van der Waals surface area contributed by atoms with Gasteiger partial charge in [0.15, 0.2) is 6.61 Å². The highest BCUT2D eigenvalue weighted by molar-refractivity contribution is 7.89. The fourth-order valence-corrected chi connectivity index (χ4v) is 3.95. The van der Waals surface area contributed by atoms with Crippen LogP contribution in [0.4, 0.5) is 5.69 Å². The molecule has 2 aromatic rings. The summed E-state index contributed by atoms with van der Waals surface area (Å²) in [5.74, 6) is -0.410. The second-order valence-corrected chi connectivity index (χ2v) is 8.10. The summed E-state index contributed by atoms with van der Waals surface area (Å²) in [5.41, 5.74) is 1.25. The Morgan fingerprint density at radius 1 is 1.11 bits per heavy atom. The van der Waals surface area contributed by atoms with Crippen LogP contribution < -0.4 is 5.32 Å². The molecule has 0 radical (unpaired) electrons. The van der Waals surface area contributed by atoms with E-state index in [2.05, 4.69) is 10.5 Å². The fourth-order valence-electron chi connectivity index (χ4n) is 2.36. The van der Waals surface area contributed by atoms with Crippen molar-refractivity contribution in [2.45, 2.75) is 18.7 Å². The van der Waals surface area contributed by atoms with Crippen LogP contribution in [0, 0.1) is 0 Å². The molecule has 150 valence electrons. The number of anilines is 1. The summed E-state index contributed by atoms with van der Waals surface area (Å²) < 4.78 is 26.2. The van der Waals surface area contributed by atoms with Gasteiger partial charge in [0, 0.05) is 23.8 Å². The Labute approximate surface area is 170 Å². The van der Waals surface area contributed by atoms with Gasteiger partial charge in [-0.25, -0.2) is 8.42 Å². The number of rotatable bonds is 9. The number of carbonyl (C=O) groups is 1. The second-order valence-electron chi connectivity index (χ2n) is 5.72. The van der Waals surface area contributed by atoms with Crippen molar-refractivity contribution in [3.63, 3.8) is 0 Å². The third kappa shape index (κ3) is 6.05. The van der Waals surface area contributed by atoms with Crippen molar-refractivity contribution in [2.24, 2.45) is 5.16 Å². The number of hydrogen-bond donors (Lipinski definition) is 1. The SMILES string of the molecule is CCN(CC)S(=O)(=O)c1ccc(NC(=O)CO/N=C/c2ccc(Cl)cc2)cc1. The predicted molar refractivity (Wildman–Crippen MR) is 110 cm³/mol. The largest absolute Gasteiger partial charge is 0.386 e. The molecule has 0 aliphatic heterocycles. The number of benzene rings is 2. The lowest BCUT2D eigenvalue weighted by Crippen LogP contribution is -2.30. The molecule has 9 heteroatoms. The van der Waals surface area contributed by atoms with E-state index in [1.54, 1.807) is 38.1 Å². The van der Waals surface area contributed by atoms with Crippen molar-refractivity contribution in [2.75, 3.05) is 25.0 Å². The molecule has 0 heterocycles. The van der Waals surface area contributed by atoms with Crippen LogP contribution in [-0.2, 0) is 19.7 Å². The van der Waals surface area contributed by atoms with E-state index in [0.29, 0.717) is 23.8 Å².